The van der Waals surface area contributed by atoms with E-state index in [1.807, 2.05) is 26.2 Å². The van der Waals surface area contributed by atoms with Crippen LogP contribution in [0.1, 0.15) is 44.1 Å². The Morgan fingerprint density at radius 1 is 1.07 bits per heavy atom. The van der Waals surface area contributed by atoms with Gasteiger partial charge in [-0.05, 0) is 92.3 Å². The van der Waals surface area contributed by atoms with E-state index in [9.17, 15) is 0 Å². The fraction of sp³-hybridized carbons (Fsp3) is 0.545. The highest BCUT2D eigenvalue weighted by atomic mass is 32.1. The van der Waals surface area contributed by atoms with E-state index in [1.54, 1.807) is 6.21 Å². The Labute approximate surface area is 168 Å². The summed E-state index contributed by atoms with van der Waals surface area (Å²) in [6.45, 7) is 0. The number of thiocarbonyl (C=S) groups is 1. The van der Waals surface area contributed by atoms with E-state index < -0.39 is 0 Å². The van der Waals surface area contributed by atoms with Crippen molar-refractivity contribution in [3.63, 3.8) is 0 Å². The van der Waals surface area contributed by atoms with E-state index in [-0.39, 0.29) is 5.54 Å². The smallest absolute Gasteiger partial charge is 0.187 e. The van der Waals surface area contributed by atoms with Crippen molar-refractivity contribution in [2.24, 2.45) is 22.9 Å². The van der Waals surface area contributed by atoms with Crippen molar-refractivity contribution in [3.05, 3.63) is 35.9 Å². The monoisotopic (exact) mass is 382 g/mol. The van der Waals surface area contributed by atoms with Crippen LogP contribution in [0.2, 0.25) is 0 Å². The minimum atomic E-state index is 0.235. The van der Waals surface area contributed by atoms with Crippen LogP contribution in [-0.4, -0.2) is 31.0 Å². The van der Waals surface area contributed by atoms with Gasteiger partial charge in [-0.25, -0.2) is 0 Å². The first-order chi connectivity index (χ1) is 13.0. The number of hydrogen-bond donors (Lipinski definition) is 2. The Balaban J connectivity index is 1.25. The molecular weight excluding hydrogens is 352 g/mol. The molecule has 0 heterocycles. The molecule has 144 valence electrons. The lowest BCUT2D eigenvalue weighted by molar-refractivity contribution is -0.0101. The number of nitrogens with one attached hydrogen (secondary N) is 2. The van der Waals surface area contributed by atoms with Crippen LogP contribution < -0.4 is 15.6 Å². The Morgan fingerprint density at radius 3 is 2.22 bits per heavy atom. The van der Waals surface area contributed by atoms with Gasteiger partial charge >= 0.3 is 0 Å². The average molecular weight is 383 g/mol. The van der Waals surface area contributed by atoms with Gasteiger partial charge in [0.15, 0.2) is 5.11 Å². The molecule has 0 saturated heterocycles. The second-order valence-corrected chi connectivity index (χ2v) is 9.30. The topological polar surface area (TPSA) is 39.7 Å². The van der Waals surface area contributed by atoms with Crippen LogP contribution in [0.25, 0.3) is 6.08 Å². The predicted octanol–water partition coefficient (Wildman–Crippen LogP) is 4.18. The number of allylic oxidation sites excluding steroid dienone is 1. The second-order valence-electron chi connectivity index (χ2n) is 8.89. The number of hydrogen-bond acceptors (Lipinski definition) is 3. The molecule has 0 spiro atoms. The highest BCUT2D eigenvalue weighted by Crippen LogP contribution is 2.55. The van der Waals surface area contributed by atoms with Crippen LogP contribution >= 0.6 is 12.2 Å². The first-order valence-electron chi connectivity index (χ1n) is 10.1. The van der Waals surface area contributed by atoms with Gasteiger partial charge in [0.1, 0.15) is 0 Å². The number of anilines is 1. The normalized spacial score (nSPS) is 31.6. The van der Waals surface area contributed by atoms with Gasteiger partial charge in [0.25, 0.3) is 0 Å². The summed E-state index contributed by atoms with van der Waals surface area (Å²) in [4.78, 5) is 2.09. The van der Waals surface area contributed by atoms with Crippen LogP contribution in [0, 0.1) is 17.8 Å². The molecule has 4 bridgehead atoms. The van der Waals surface area contributed by atoms with Crippen LogP contribution in [0.4, 0.5) is 5.69 Å². The summed E-state index contributed by atoms with van der Waals surface area (Å²) >= 11 is 5.51. The fourth-order valence-electron chi connectivity index (χ4n) is 5.71. The van der Waals surface area contributed by atoms with Crippen LogP contribution in [0.5, 0.6) is 0 Å². The summed E-state index contributed by atoms with van der Waals surface area (Å²) in [5.41, 5.74) is 5.59. The minimum Gasteiger partial charge on any atom is -0.378 e. The molecule has 4 aliphatic rings. The molecule has 0 atom stereocenters. The van der Waals surface area contributed by atoms with E-state index in [1.165, 1.54) is 44.2 Å². The maximum atomic E-state index is 5.51. The Kier molecular flexibility index (Phi) is 5.22. The van der Waals surface area contributed by atoms with Gasteiger partial charge in [0.2, 0.25) is 0 Å². The van der Waals surface area contributed by atoms with E-state index >= 15 is 0 Å². The summed E-state index contributed by atoms with van der Waals surface area (Å²) in [5.74, 6) is 2.74. The summed E-state index contributed by atoms with van der Waals surface area (Å²) < 4.78 is 0. The van der Waals surface area contributed by atoms with Crippen LogP contribution in [-0.2, 0) is 0 Å². The zero-order valence-electron chi connectivity index (χ0n) is 16.3. The summed E-state index contributed by atoms with van der Waals surface area (Å²) in [6.07, 6.45) is 13.9. The van der Waals surface area contributed by atoms with Crippen molar-refractivity contribution < 1.29 is 0 Å². The SMILES string of the molecule is CN(C)c1ccc(/C=C\C=N\NC(=S)NC23CC4CC(CC(C4)C2)C3)cc1. The highest BCUT2D eigenvalue weighted by molar-refractivity contribution is 7.80. The second kappa shape index (κ2) is 7.63. The van der Waals surface area contributed by atoms with E-state index in [0.717, 1.165) is 23.3 Å². The van der Waals surface area contributed by atoms with Gasteiger partial charge in [-0.3, -0.25) is 5.43 Å². The molecule has 0 unspecified atom stereocenters. The van der Waals surface area contributed by atoms with Gasteiger partial charge in [-0.1, -0.05) is 18.2 Å². The standard InChI is InChI=1S/C22H30N4S/c1-26(2)20-7-5-16(6-8-20)4-3-9-23-25-21(27)24-22-13-17-10-18(14-22)12-19(11-17)15-22/h3-9,17-19H,10-15H2,1-2H3,(H2,24,25,27)/b4-3-,23-9+. The molecule has 5 rings (SSSR count). The maximum absolute atomic E-state index is 5.51. The van der Waals surface area contributed by atoms with Crippen molar-refractivity contribution >= 4 is 35.3 Å². The number of rotatable bonds is 5. The molecule has 4 aliphatic carbocycles. The largest absolute Gasteiger partial charge is 0.378 e. The molecule has 27 heavy (non-hydrogen) atoms. The fourth-order valence-corrected chi connectivity index (χ4v) is 5.98. The lowest BCUT2D eigenvalue weighted by atomic mass is 9.53. The Hall–Kier alpha value is -1.88. The third-order valence-electron chi connectivity index (χ3n) is 6.44. The lowest BCUT2D eigenvalue weighted by Gasteiger charge is -2.57. The van der Waals surface area contributed by atoms with Gasteiger partial charge in [-0.2, -0.15) is 5.10 Å². The molecule has 0 aromatic heterocycles. The van der Waals surface area contributed by atoms with Crippen LogP contribution in [0.15, 0.2) is 35.4 Å². The zero-order chi connectivity index (χ0) is 18.9. The number of nitrogens with zero attached hydrogens (tertiary/aromatic N) is 2. The number of benzene rings is 1. The van der Waals surface area contributed by atoms with Gasteiger partial charge in [0, 0.05) is 31.5 Å². The van der Waals surface area contributed by atoms with Crippen molar-refractivity contribution in [2.45, 2.75) is 44.1 Å². The predicted molar refractivity (Wildman–Crippen MR) is 118 cm³/mol. The third-order valence-corrected chi connectivity index (χ3v) is 6.64. The molecule has 1 aromatic rings. The third kappa shape index (κ3) is 4.34. The van der Waals surface area contributed by atoms with Crippen LogP contribution in [0.3, 0.4) is 0 Å². The molecule has 4 nitrogen and oxygen atoms in total. The highest BCUT2D eigenvalue weighted by Gasteiger charge is 2.51. The lowest BCUT2D eigenvalue weighted by Crippen LogP contribution is -2.61. The van der Waals surface area contributed by atoms with Gasteiger partial charge in [0.05, 0.1) is 0 Å². The molecule has 2 N–H and O–H groups in total. The van der Waals surface area contributed by atoms with E-state index in [4.69, 9.17) is 12.2 Å². The summed E-state index contributed by atoms with van der Waals surface area (Å²) in [6, 6.07) is 8.43. The molecule has 0 radical (unpaired) electrons. The molecule has 5 heteroatoms. The molecular formula is C22H30N4S. The molecule has 4 fully saturated rings. The molecule has 4 saturated carbocycles. The number of hydrazone groups is 1. The molecule has 0 aliphatic heterocycles. The Morgan fingerprint density at radius 2 is 1.67 bits per heavy atom. The maximum Gasteiger partial charge on any atom is 0.187 e. The van der Waals surface area contributed by atoms with E-state index in [2.05, 4.69) is 45.0 Å². The summed E-state index contributed by atoms with van der Waals surface area (Å²) in [5, 5.41) is 8.55. The van der Waals surface area contributed by atoms with Crippen molar-refractivity contribution in [2.75, 3.05) is 19.0 Å². The van der Waals surface area contributed by atoms with Gasteiger partial charge < -0.3 is 10.2 Å². The van der Waals surface area contributed by atoms with E-state index in [0.29, 0.717) is 5.11 Å². The average Bonchev–Trinajstić information content (AvgIpc) is 2.60. The Bertz CT molecular complexity index is 700. The van der Waals surface area contributed by atoms with Crippen molar-refractivity contribution in [1.82, 2.24) is 10.7 Å². The first-order valence-corrected chi connectivity index (χ1v) is 10.5. The quantitative estimate of drug-likeness (QED) is 0.455. The molecule has 0 amide bonds. The van der Waals surface area contributed by atoms with Crippen molar-refractivity contribution in [1.29, 1.82) is 0 Å². The molecule has 1 aromatic carbocycles. The van der Waals surface area contributed by atoms with Gasteiger partial charge in [-0.15, -0.1) is 0 Å². The zero-order valence-corrected chi connectivity index (χ0v) is 17.1. The minimum absolute atomic E-state index is 0.235. The summed E-state index contributed by atoms with van der Waals surface area (Å²) in [7, 11) is 4.09. The van der Waals surface area contributed by atoms with Crippen molar-refractivity contribution in [3.8, 4) is 0 Å². The first kappa shape index (κ1) is 18.5.